The van der Waals surface area contributed by atoms with Gasteiger partial charge in [0.25, 0.3) is 5.89 Å². The van der Waals surface area contributed by atoms with Crippen LogP contribution in [0.3, 0.4) is 0 Å². The number of rotatable bonds is 6. The lowest BCUT2D eigenvalue weighted by atomic mass is 10.0. The van der Waals surface area contributed by atoms with Crippen LogP contribution in [0.1, 0.15) is 30.0 Å². The van der Waals surface area contributed by atoms with Crippen molar-refractivity contribution in [3.8, 4) is 22.6 Å². The number of aryl methyl sites for hydroxylation is 1. The van der Waals surface area contributed by atoms with Crippen molar-refractivity contribution >= 4 is 5.97 Å². The van der Waals surface area contributed by atoms with E-state index in [-0.39, 0.29) is 18.3 Å². The molecule has 5 heteroatoms. The third kappa shape index (κ3) is 4.63. The molecule has 0 bridgehead atoms. The highest BCUT2D eigenvalue weighted by atomic mass is 16.6. The van der Waals surface area contributed by atoms with E-state index in [0.29, 0.717) is 5.89 Å². The van der Waals surface area contributed by atoms with E-state index in [2.05, 4.69) is 22.3 Å². The molecule has 3 aromatic carbocycles. The summed E-state index contributed by atoms with van der Waals surface area (Å²) >= 11 is 0. The van der Waals surface area contributed by atoms with Crippen LogP contribution in [0.2, 0.25) is 0 Å². The predicted octanol–water partition coefficient (Wildman–Crippen LogP) is 5.56. The van der Waals surface area contributed by atoms with Crippen LogP contribution in [0.4, 0.5) is 0 Å². The van der Waals surface area contributed by atoms with Gasteiger partial charge in [-0.3, -0.25) is 4.79 Å². The second-order valence-electron chi connectivity index (χ2n) is 7.18. The molecule has 0 amide bonds. The van der Waals surface area contributed by atoms with E-state index in [1.807, 2.05) is 73.7 Å². The molecule has 0 radical (unpaired) electrons. The number of carbonyl (C=O) groups is 1. The average Bonchev–Trinajstić information content (AvgIpc) is 3.26. The maximum Gasteiger partial charge on any atom is 0.311 e. The van der Waals surface area contributed by atoms with Crippen LogP contribution in [0.15, 0.2) is 83.3 Å². The first-order chi connectivity index (χ1) is 14.6. The fraction of sp³-hybridized carbons (Fsp3) is 0.160. The van der Waals surface area contributed by atoms with Crippen molar-refractivity contribution in [1.82, 2.24) is 10.2 Å². The lowest BCUT2D eigenvalue weighted by Crippen LogP contribution is -2.11. The minimum Gasteiger partial charge on any atom is -0.452 e. The van der Waals surface area contributed by atoms with Crippen LogP contribution in [0.25, 0.3) is 22.6 Å². The Morgan fingerprint density at radius 3 is 2.20 bits per heavy atom. The van der Waals surface area contributed by atoms with Crippen molar-refractivity contribution < 1.29 is 13.9 Å². The summed E-state index contributed by atoms with van der Waals surface area (Å²) in [6.45, 7) is 3.74. The van der Waals surface area contributed by atoms with E-state index in [1.54, 1.807) is 6.92 Å². The monoisotopic (exact) mass is 398 g/mol. The summed E-state index contributed by atoms with van der Waals surface area (Å²) in [7, 11) is 0. The third-order valence-electron chi connectivity index (χ3n) is 4.80. The summed E-state index contributed by atoms with van der Waals surface area (Å²) in [6.07, 6.45) is -0.439. The minimum absolute atomic E-state index is 0.179. The first-order valence-corrected chi connectivity index (χ1v) is 9.83. The Morgan fingerprint density at radius 2 is 1.50 bits per heavy atom. The van der Waals surface area contributed by atoms with Crippen molar-refractivity contribution in [3.63, 3.8) is 0 Å². The van der Waals surface area contributed by atoms with E-state index in [9.17, 15) is 4.79 Å². The van der Waals surface area contributed by atoms with Crippen molar-refractivity contribution in [2.75, 3.05) is 0 Å². The van der Waals surface area contributed by atoms with Crippen molar-refractivity contribution in [2.24, 2.45) is 0 Å². The normalized spacial score (nSPS) is 11.8. The van der Waals surface area contributed by atoms with Gasteiger partial charge in [0.2, 0.25) is 5.89 Å². The molecule has 0 aliphatic heterocycles. The van der Waals surface area contributed by atoms with Crippen LogP contribution in [0, 0.1) is 6.92 Å². The molecular formula is C25H22N2O3. The minimum atomic E-state index is -0.618. The number of nitrogens with zero attached hydrogens (tertiary/aromatic N) is 2. The van der Waals surface area contributed by atoms with Crippen LogP contribution in [-0.4, -0.2) is 16.2 Å². The SMILES string of the molecule is Cc1ccc(-c2nnc([C@H](C)OC(=O)Cc3ccc(-c4ccccc4)cc3)o2)cc1. The molecule has 5 nitrogen and oxygen atoms in total. The van der Waals surface area contributed by atoms with Crippen LogP contribution in [-0.2, 0) is 16.0 Å². The molecule has 0 aliphatic rings. The highest BCUT2D eigenvalue weighted by molar-refractivity contribution is 5.73. The molecule has 0 saturated carbocycles. The van der Waals surface area contributed by atoms with Gasteiger partial charge >= 0.3 is 5.97 Å². The topological polar surface area (TPSA) is 65.2 Å². The molecule has 1 heterocycles. The summed E-state index contributed by atoms with van der Waals surface area (Å²) in [5.74, 6) is 0.341. The molecule has 30 heavy (non-hydrogen) atoms. The first kappa shape index (κ1) is 19.6. The standard InChI is InChI=1S/C25H22N2O3/c1-17-8-12-22(13-9-17)25-27-26-24(30-25)18(2)29-23(28)16-19-10-14-21(15-11-19)20-6-4-3-5-7-20/h3-15,18H,16H2,1-2H3/t18-/m0/s1. The summed E-state index contributed by atoms with van der Waals surface area (Å²) in [5.41, 5.74) is 5.11. The summed E-state index contributed by atoms with van der Waals surface area (Å²) in [6, 6.07) is 25.8. The van der Waals surface area contributed by atoms with E-state index < -0.39 is 6.10 Å². The summed E-state index contributed by atoms with van der Waals surface area (Å²) < 4.78 is 11.2. The quantitative estimate of drug-likeness (QED) is 0.398. The first-order valence-electron chi connectivity index (χ1n) is 9.83. The summed E-state index contributed by atoms with van der Waals surface area (Å²) in [5, 5.41) is 8.09. The molecule has 0 spiro atoms. The Morgan fingerprint density at radius 1 is 0.867 bits per heavy atom. The van der Waals surface area contributed by atoms with Gasteiger partial charge in [0.05, 0.1) is 6.42 Å². The molecule has 0 fully saturated rings. The van der Waals surface area contributed by atoms with Crippen LogP contribution < -0.4 is 0 Å². The van der Waals surface area contributed by atoms with Crippen molar-refractivity contribution in [1.29, 1.82) is 0 Å². The molecule has 4 rings (SSSR count). The van der Waals surface area contributed by atoms with E-state index >= 15 is 0 Å². The number of esters is 1. The second kappa shape index (κ2) is 8.74. The number of benzene rings is 3. The molecule has 150 valence electrons. The van der Waals surface area contributed by atoms with Gasteiger partial charge in [-0.15, -0.1) is 10.2 Å². The van der Waals surface area contributed by atoms with E-state index in [0.717, 1.165) is 27.8 Å². The van der Waals surface area contributed by atoms with Crippen molar-refractivity contribution in [2.45, 2.75) is 26.4 Å². The molecule has 0 aliphatic carbocycles. The average molecular weight is 398 g/mol. The van der Waals surface area contributed by atoms with Gasteiger partial charge in [-0.1, -0.05) is 72.3 Å². The molecular weight excluding hydrogens is 376 g/mol. The van der Waals surface area contributed by atoms with Gasteiger partial charge in [-0.05, 0) is 42.7 Å². The molecule has 1 aromatic heterocycles. The maximum atomic E-state index is 12.4. The van der Waals surface area contributed by atoms with Gasteiger partial charge in [0, 0.05) is 5.56 Å². The number of hydrogen-bond donors (Lipinski definition) is 0. The van der Waals surface area contributed by atoms with E-state index in [1.165, 1.54) is 0 Å². The molecule has 1 atom stereocenters. The number of carbonyl (C=O) groups excluding carboxylic acids is 1. The number of aromatic nitrogens is 2. The fourth-order valence-electron chi connectivity index (χ4n) is 3.11. The van der Waals surface area contributed by atoms with Gasteiger partial charge in [0.1, 0.15) is 0 Å². The van der Waals surface area contributed by atoms with Crippen LogP contribution >= 0.6 is 0 Å². The predicted molar refractivity (Wildman–Crippen MR) is 115 cm³/mol. The smallest absolute Gasteiger partial charge is 0.311 e. The highest BCUT2D eigenvalue weighted by Crippen LogP contribution is 2.23. The zero-order chi connectivity index (χ0) is 20.9. The Bertz CT molecular complexity index is 1120. The Balaban J connectivity index is 1.36. The van der Waals surface area contributed by atoms with Gasteiger partial charge in [-0.2, -0.15) is 0 Å². The Kier molecular flexibility index (Phi) is 5.70. The zero-order valence-electron chi connectivity index (χ0n) is 16.9. The number of ether oxygens (including phenoxy) is 1. The van der Waals surface area contributed by atoms with E-state index in [4.69, 9.17) is 9.15 Å². The number of hydrogen-bond acceptors (Lipinski definition) is 5. The lowest BCUT2D eigenvalue weighted by molar-refractivity contribution is -0.148. The molecule has 4 aromatic rings. The third-order valence-corrected chi connectivity index (χ3v) is 4.80. The Labute approximate surface area is 175 Å². The lowest BCUT2D eigenvalue weighted by Gasteiger charge is -2.10. The van der Waals surface area contributed by atoms with Crippen LogP contribution in [0.5, 0.6) is 0 Å². The van der Waals surface area contributed by atoms with Crippen molar-refractivity contribution in [3.05, 3.63) is 95.9 Å². The Hall–Kier alpha value is -3.73. The molecule has 0 saturated heterocycles. The van der Waals surface area contributed by atoms with Gasteiger partial charge in [-0.25, -0.2) is 0 Å². The molecule has 0 unspecified atom stereocenters. The highest BCUT2D eigenvalue weighted by Gasteiger charge is 2.19. The van der Waals surface area contributed by atoms with Gasteiger partial charge in [0.15, 0.2) is 6.10 Å². The fourth-order valence-corrected chi connectivity index (χ4v) is 3.11. The van der Waals surface area contributed by atoms with Gasteiger partial charge < -0.3 is 9.15 Å². The largest absolute Gasteiger partial charge is 0.452 e. The maximum absolute atomic E-state index is 12.4. The second-order valence-corrected chi connectivity index (χ2v) is 7.18. The zero-order valence-corrected chi connectivity index (χ0v) is 16.9. The molecule has 0 N–H and O–H groups in total. The summed E-state index contributed by atoms with van der Waals surface area (Å²) in [4.78, 5) is 12.4.